The summed E-state index contributed by atoms with van der Waals surface area (Å²) in [6, 6.07) is 2.99. The van der Waals surface area contributed by atoms with Gasteiger partial charge in [-0.1, -0.05) is 0 Å². The fraction of sp³-hybridized carbons (Fsp3) is 0.250. The van der Waals surface area contributed by atoms with Crippen LogP contribution in [0.2, 0.25) is 0 Å². The normalized spacial score (nSPS) is 13.3. The zero-order chi connectivity index (χ0) is 16.0. The molecule has 1 amide bonds. The van der Waals surface area contributed by atoms with E-state index in [0.29, 0.717) is 5.75 Å². The minimum Gasteiger partial charge on any atom is -0.480 e. The molecule has 9 nitrogen and oxygen atoms in total. The second-order valence-corrected chi connectivity index (χ2v) is 5.02. The zero-order valence-electron chi connectivity index (χ0n) is 11.7. The Labute approximate surface area is 128 Å². The van der Waals surface area contributed by atoms with Crippen molar-refractivity contribution in [2.24, 2.45) is 14.1 Å². The molecule has 3 heterocycles. The Morgan fingerprint density at radius 2 is 1.82 bits per heavy atom. The van der Waals surface area contributed by atoms with E-state index in [1.54, 1.807) is 0 Å². The number of carbonyl (C=O) groups is 1. The van der Waals surface area contributed by atoms with Crippen molar-refractivity contribution in [3.05, 3.63) is 37.9 Å². The molecule has 1 aliphatic heterocycles. The lowest BCUT2D eigenvalue weighted by Crippen LogP contribution is -2.44. The van der Waals surface area contributed by atoms with Gasteiger partial charge in [0.2, 0.25) is 0 Å². The van der Waals surface area contributed by atoms with Gasteiger partial charge in [-0.2, -0.15) is 4.57 Å². The lowest BCUT2D eigenvalue weighted by Gasteiger charge is -2.17. The van der Waals surface area contributed by atoms with Crippen LogP contribution in [0.15, 0.2) is 21.7 Å². The first kappa shape index (κ1) is 14.2. The van der Waals surface area contributed by atoms with E-state index in [2.05, 4.69) is 10.3 Å². The zero-order valence-corrected chi connectivity index (χ0v) is 12.5. The third kappa shape index (κ3) is 2.04. The smallest absolute Gasteiger partial charge is 0.340 e. The van der Waals surface area contributed by atoms with Gasteiger partial charge < -0.3 is 10.1 Å². The van der Waals surface area contributed by atoms with Gasteiger partial charge in [-0.05, 0) is 24.4 Å². The number of hydrogen-bond acceptors (Lipinski definition) is 6. The predicted molar refractivity (Wildman–Crippen MR) is 79.0 cm³/mol. The van der Waals surface area contributed by atoms with Crippen LogP contribution < -0.4 is 21.4 Å². The first-order valence-electron chi connectivity index (χ1n) is 6.23. The third-order valence-corrected chi connectivity index (χ3v) is 3.77. The lowest BCUT2D eigenvalue weighted by atomic mass is 10.3. The predicted octanol–water partition coefficient (Wildman–Crippen LogP) is -0.670. The van der Waals surface area contributed by atoms with E-state index >= 15 is 0 Å². The van der Waals surface area contributed by atoms with Gasteiger partial charge >= 0.3 is 11.4 Å². The summed E-state index contributed by atoms with van der Waals surface area (Å²) in [5.74, 6) is 0.245. The van der Waals surface area contributed by atoms with Gasteiger partial charge in [0.1, 0.15) is 5.82 Å². The quantitative estimate of drug-likeness (QED) is 0.699. The average Bonchev–Trinajstić information content (AvgIpc) is 2.51. The summed E-state index contributed by atoms with van der Waals surface area (Å²) in [5, 5.41) is 2.52. The lowest BCUT2D eigenvalue weighted by molar-refractivity contribution is -0.118. The van der Waals surface area contributed by atoms with Crippen molar-refractivity contribution < 1.29 is 9.53 Å². The van der Waals surface area contributed by atoms with E-state index in [1.807, 2.05) is 0 Å². The molecule has 0 saturated heterocycles. The highest BCUT2D eigenvalue weighted by Gasteiger charge is 2.19. The molecule has 114 valence electrons. The van der Waals surface area contributed by atoms with Crippen molar-refractivity contribution in [3.8, 4) is 11.6 Å². The maximum absolute atomic E-state index is 12.3. The van der Waals surface area contributed by atoms with Crippen LogP contribution in [0, 0.1) is 4.77 Å². The molecule has 1 N–H and O–H groups in total. The van der Waals surface area contributed by atoms with Gasteiger partial charge in [-0.15, -0.1) is 0 Å². The Hall–Kier alpha value is -2.75. The van der Waals surface area contributed by atoms with Crippen LogP contribution >= 0.6 is 12.2 Å². The van der Waals surface area contributed by atoms with Gasteiger partial charge in [0, 0.05) is 14.1 Å². The molecule has 2 aromatic rings. The van der Waals surface area contributed by atoms with Crippen molar-refractivity contribution in [1.29, 1.82) is 0 Å². The number of anilines is 1. The van der Waals surface area contributed by atoms with Gasteiger partial charge in [-0.25, -0.2) is 14.6 Å². The summed E-state index contributed by atoms with van der Waals surface area (Å²) in [4.78, 5) is 40.0. The molecular weight excluding hydrogens is 310 g/mol. The number of aromatic nitrogens is 4. The minimum atomic E-state index is -0.622. The molecule has 0 aliphatic carbocycles. The van der Waals surface area contributed by atoms with E-state index < -0.39 is 11.4 Å². The van der Waals surface area contributed by atoms with Gasteiger partial charge in [0.05, 0.1) is 0 Å². The third-order valence-electron chi connectivity index (χ3n) is 3.22. The number of hydrogen-bond donors (Lipinski definition) is 1. The Kier molecular flexibility index (Phi) is 3.17. The van der Waals surface area contributed by atoms with Crippen molar-refractivity contribution in [2.75, 3.05) is 11.9 Å². The number of rotatable bonds is 1. The summed E-state index contributed by atoms with van der Waals surface area (Å²) in [7, 11) is 2.92. The molecule has 22 heavy (non-hydrogen) atoms. The molecule has 0 spiro atoms. The summed E-state index contributed by atoms with van der Waals surface area (Å²) in [6.07, 6.45) is 0. The van der Waals surface area contributed by atoms with Crippen molar-refractivity contribution in [2.45, 2.75) is 0 Å². The van der Waals surface area contributed by atoms with Crippen molar-refractivity contribution >= 4 is 23.9 Å². The van der Waals surface area contributed by atoms with Crippen molar-refractivity contribution in [1.82, 2.24) is 18.7 Å². The number of ether oxygens (including phenoxy) is 1. The molecule has 3 rings (SSSR count). The Morgan fingerprint density at radius 3 is 2.45 bits per heavy atom. The number of nitrogens with zero attached hydrogens (tertiary/aromatic N) is 4. The van der Waals surface area contributed by atoms with E-state index in [1.165, 1.54) is 26.2 Å². The molecule has 0 saturated carbocycles. The van der Waals surface area contributed by atoms with Crippen LogP contribution in [0.3, 0.4) is 0 Å². The molecule has 0 fully saturated rings. The van der Waals surface area contributed by atoms with Crippen molar-refractivity contribution in [3.63, 3.8) is 0 Å². The molecule has 0 atom stereocenters. The monoisotopic (exact) mass is 321 g/mol. The fourth-order valence-electron chi connectivity index (χ4n) is 2.04. The van der Waals surface area contributed by atoms with Crippen LogP contribution in [0.25, 0.3) is 5.82 Å². The molecule has 0 aromatic carbocycles. The van der Waals surface area contributed by atoms with Crippen LogP contribution in [0.4, 0.5) is 5.82 Å². The van der Waals surface area contributed by atoms with Crippen LogP contribution in [-0.4, -0.2) is 31.2 Å². The second-order valence-electron chi connectivity index (χ2n) is 4.65. The first-order valence-corrected chi connectivity index (χ1v) is 6.64. The van der Waals surface area contributed by atoms with E-state index in [9.17, 15) is 14.4 Å². The topological polar surface area (TPSA) is 100 Å². The summed E-state index contributed by atoms with van der Waals surface area (Å²) in [5.41, 5.74) is -1.24. The second kappa shape index (κ2) is 4.91. The van der Waals surface area contributed by atoms with Gasteiger partial charge in [-0.3, -0.25) is 13.9 Å². The Bertz CT molecular complexity index is 931. The van der Waals surface area contributed by atoms with E-state index in [0.717, 1.165) is 13.7 Å². The highest BCUT2D eigenvalue weighted by atomic mass is 32.1. The largest absolute Gasteiger partial charge is 0.480 e. The Morgan fingerprint density at radius 1 is 1.18 bits per heavy atom. The Balaban J connectivity index is 2.28. The SMILES string of the molecule is Cn1c(=S)n(C)c(=O)n(-c2ccc3c(n2)NC(=O)CO3)c1=O. The van der Waals surface area contributed by atoms with Crippen LogP contribution in [0.1, 0.15) is 0 Å². The molecular formula is C12H11N5O4S. The average molecular weight is 321 g/mol. The van der Waals surface area contributed by atoms with Crippen LogP contribution in [-0.2, 0) is 18.9 Å². The molecule has 0 unspecified atom stereocenters. The summed E-state index contributed by atoms with van der Waals surface area (Å²) >= 11 is 5.01. The fourth-order valence-corrected chi connectivity index (χ4v) is 2.20. The van der Waals surface area contributed by atoms with Gasteiger partial charge in [0.25, 0.3) is 5.91 Å². The molecule has 0 radical (unpaired) electrons. The molecule has 0 bridgehead atoms. The highest BCUT2D eigenvalue weighted by Crippen LogP contribution is 2.25. The summed E-state index contributed by atoms with van der Waals surface area (Å²) in [6.45, 7) is -0.102. The van der Waals surface area contributed by atoms with Gasteiger partial charge in [0.15, 0.2) is 22.9 Å². The van der Waals surface area contributed by atoms with Crippen LogP contribution in [0.5, 0.6) is 5.75 Å². The number of amides is 1. The number of nitrogens with one attached hydrogen (secondary N) is 1. The minimum absolute atomic E-state index is 0.0701. The molecule has 2 aromatic heterocycles. The summed E-state index contributed by atoms with van der Waals surface area (Å²) < 4.78 is 8.48. The first-order chi connectivity index (χ1) is 10.4. The van der Waals surface area contributed by atoms with E-state index in [-0.39, 0.29) is 28.9 Å². The standard InChI is InChI=1S/C12H11N5O4S/c1-15-10(19)17(11(20)16(2)12(15)22)7-4-3-6-9(13-7)14-8(18)5-21-6/h3-4H,5H2,1-2H3,(H,13,14,18). The number of carbonyl (C=O) groups excluding carboxylic acids is 1. The van der Waals surface area contributed by atoms with E-state index in [4.69, 9.17) is 17.0 Å². The maximum atomic E-state index is 12.3. The highest BCUT2D eigenvalue weighted by molar-refractivity contribution is 7.71. The molecule has 10 heteroatoms. The maximum Gasteiger partial charge on any atom is 0.340 e. The number of pyridine rings is 1. The molecule has 1 aliphatic rings. The number of fused-ring (bicyclic) bond motifs is 1.